The van der Waals surface area contributed by atoms with Gasteiger partial charge in [-0.3, -0.25) is 0 Å². The fraction of sp³-hybridized carbons (Fsp3) is 0.429. The van der Waals surface area contributed by atoms with Crippen LogP contribution in [0.5, 0.6) is 0 Å². The molecule has 2 N–H and O–H groups in total. The zero-order valence-corrected chi connectivity index (χ0v) is 5.54. The molecule has 0 radical (unpaired) electrons. The van der Waals surface area contributed by atoms with E-state index in [0.717, 1.165) is 17.9 Å². The smallest absolute Gasteiger partial charge is 0.230 e. The summed E-state index contributed by atoms with van der Waals surface area (Å²) < 4.78 is 10.3. The molecule has 1 aliphatic carbocycles. The molecular weight excluding hydrogens is 130 g/mol. The lowest BCUT2D eigenvalue weighted by molar-refractivity contribution is 0.0725. The number of allylic oxidation sites excluding steroid dienone is 1. The Hall–Kier alpha value is -0.960. The van der Waals surface area contributed by atoms with Crippen LogP contribution in [0.1, 0.15) is 6.42 Å². The third kappa shape index (κ3) is 0.789. The zero-order chi connectivity index (χ0) is 6.97. The molecule has 0 spiro atoms. The second-order valence-electron chi connectivity index (χ2n) is 2.42. The van der Waals surface area contributed by atoms with Crippen molar-refractivity contribution in [2.75, 3.05) is 6.79 Å². The van der Waals surface area contributed by atoms with Gasteiger partial charge in [0.1, 0.15) is 5.76 Å². The Morgan fingerprint density at radius 3 is 3.30 bits per heavy atom. The summed E-state index contributed by atoms with van der Waals surface area (Å²) >= 11 is 0. The van der Waals surface area contributed by atoms with E-state index in [1.165, 1.54) is 0 Å². The van der Waals surface area contributed by atoms with E-state index in [1.54, 1.807) is 0 Å². The maximum absolute atomic E-state index is 5.63. The van der Waals surface area contributed by atoms with Gasteiger partial charge in [-0.15, -0.1) is 0 Å². The van der Waals surface area contributed by atoms with Gasteiger partial charge in [-0.25, -0.2) is 0 Å². The van der Waals surface area contributed by atoms with Crippen LogP contribution in [0, 0.1) is 0 Å². The molecular formula is C7H9NO2. The third-order valence-electron chi connectivity index (χ3n) is 1.64. The van der Waals surface area contributed by atoms with Crippen LogP contribution in [0.3, 0.4) is 0 Å². The van der Waals surface area contributed by atoms with Gasteiger partial charge < -0.3 is 15.2 Å². The van der Waals surface area contributed by atoms with Crippen LogP contribution in [0.25, 0.3) is 0 Å². The summed E-state index contributed by atoms with van der Waals surface area (Å²) in [7, 11) is 0. The monoisotopic (exact) mass is 139 g/mol. The SMILES string of the molecule is NC1C=CC2=C(C1)OCO2. The standard InChI is InChI=1S/C7H9NO2/c8-5-1-2-6-7(3-5)10-4-9-6/h1-2,5H,3-4,8H2. The van der Waals surface area contributed by atoms with Gasteiger partial charge in [0.2, 0.25) is 6.79 Å². The Morgan fingerprint density at radius 1 is 1.50 bits per heavy atom. The molecule has 0 aromatic rings. The molecule has 0 amide bonds. The minimum Gasteiger partial charge on any atom is -0.458 e. The molecule has 3 heteroatoms. The van der Waals surface area contributed by atoms with E-state index in [0.29, 0.717) is 6.79 Å². The highest BCUT2D eigenvalue weighted by atomic mass is 16.7. The van der Waals surface area contributed by atoms with Crippen molar-refractivity contribution < 1.29 is 9.47 Å². The van der Waals surface area contributed by atoms with E-state index in [2.05, 4.69) is 0 Å². The van der Waals surface area contributed by atoms with Gasteiger partial charge in [-0.05, 0) is 6.08 Å². The van der Waals surface area contributed by atoms with Gasteiger partial charge in [0.25, 0.3) is 0 Å². The number of hydrogen-bond donors (Lipinski definition) is 1. The Labute approximate surface area is 59.1 Å². The third-order valence-corrected chi connectivity index (χ3v) is 1.64. The highest BCUT2D eigenvalue weighted by Crippen LogP contribution is 2.25. The van der Waals surface area contributed by atoms with Crippen LogP contribution in [-0.2, 0) is 9.47 Å². The predicted octanol–water partition coefficient (Wildman–Crippen LogP) is 0.490. The van der Waals surface area contributed by atoms with Crippen molar-refractivity contribution in [3.63, 3.8) is 0 Å². The molecule has 2 rings (SSSR count). The molecule has 0 bridgehead atoms. The number of nitrogens with two attached hydrogens (primary N) is 1. The molecule has 3 nitrogen and oxygen atoms in total. The average Bonchev–Trinajstić information content (AvgIpc) is 2.33. The maximum atomic E-state index is 5.63. The molecule has 54 valence electrons. The summed E-state index contributed by atoms with van der Waals surface area (Å²) in [5.41, 5.74) is 5.63. The number of hydrogen-bond acceptors (Lipinski definition) is 3. The van der Waals surface area contributed by atoms with Gasteiger partial charge in [0.15, 0.2) is 5.76 Å². The summed E-state index contributed by atoms with van der Waals surface area (Å²) in [5, 5.41) is 0. The second kappa shape index (κ2) is 2.02. The minimum atomic E-state index is 0.0976. The largest absolute Gasteiger partial charge is 0.458 e. The molecule has 0 aromatic heterocycles. The Bertz CT molecular complexity index is 208. The van der Waals surface area contributed by atoms with Crippen molar-refractivity contribution in [2.24, 2.45) is 5.73 Å². The molecule has 0 aromatic carbocycles. The van der Waals surface area contributed by atoms with Gasteiger partial charge in [-0.2, -0.15) is 0 Å². The molecule has 0 saturated carbocycles. The van der Waals surface area contributed by atoms with Crippen molar-refractivity contribution in [1.82, 2.24) is 0 Å². The molecule has 1 unspecified atom stereocenters. The van der Waals surface area contributed by atoms with E-state index in [4.69, 9.17) is 15.2 Å². The van der Waals surface area contributed by atoms with Crippen LogP contribution in [0.2, 0.25) is 0 Å². The highest BCUT2D eigenvalue weighted by Gasteiger charge is 2.20. The van der Waals surface area contributed by atoms with Crippen molar-refractivity contribution in [2.45, 2.75) is 12.5 Å². The van der Waals surface area contributed by atoms with E-state index in [-0.39, 0.29) is 6.04 Å². The van der Waals surface area contributed by atoms with Crippen molar-refractivity contribution in [3.05, 3.63) is 23.7 Å². The van der Waals surface area contributed by atoms with Crippen LogP contribution >= 0.6 is 0 Å². The maximum Gasteiger partial charge on any atom is 0.230 e. The second-order valence-corrected chi connectivity index (χ2v) is 2.42. The first-order valence-electron chi connectivity index (χ1n) is 3.29. The van der Waals surface area contributed by atoms with Gasteiger partial charge in [0.05, 0.1) is 0 Å². The molecule has 2 aliphatic rings. The summed E-state index contributed by atoms with van der Waals surface area (Å²) in [6, 6.07) is 0.0976. The lowest BCUT2D eigenvalue weighted by Crippen LogP contribution is -2.19. The lowest BCUT2D eigenvalue weighted by Gasteiger charge is -2.10. The summed E-state index contributed by atoms with van der Waals surface area (Å²) in [6.45, 7) is 0.349. The molecule has 1 atom stereocenters. The van der Waals surface area contributed by atoms with Gasteiger partial charge in [-0.1, -0.05) is 6.08 Å². The quantitative estimate of drug-likeness (QED) is 0.531. The van der Waals surface area contributed by atoms with Gasteiger partial charge >= 0.3 is 0 Å². The van der Waals surface area contributed by atoms with E-state index in [1.807, 2.05) is 12.2 Å². The topological polar surface area (TPSA) is 44.5 Å². The zero-order valence-electron chi connectivity index (χ0n) is 5.54. The van der Waals surface area contributed by atoms with E-state index < -0.39 is 0 Å². The van der Waals surface area contributed by atoms with Crippen molar-refractivity contribution >= 4 is 0 Å². The van der Waals surface area contributed by atoms with Crippen LogP contribution in [0.4, 0.5) is 0 Å². The normalized spacial score (nSPS) is 29.5. The summed E-state index contributed by atoms with van der Waals surface area (Å²) in [6.07, 6.45) is 4.57. The molecule has 1 heterocycles. The predicted molar refractivity (Wildman–Crippen MR) is 35.8 cm³/mol. The van der Waals surface area contributed by atoms with E-state index in [9.17, 15) is 0 Å². The molecule has 0 saturated heterocycles. The Morgan fingerprint density at radius 2 is 2.40 bits per heavy atom. The van der Waals surface area contributed by atoms with Crippen molar-refractivity contribution in [1.29, 1.82) is 0 Å². The number of rotatable bonds is 0. The first-order chi connectivity index (χ1) is 4.86. The first kappa shape index (κ1) is 5.80. The fourth-order valence-corrected chi connectivity index (χ4v) is 1.11. The van der Waals surface area contributed by atoms with Crippen LogP contribution < -0.4 is 5.73 Å². The molecule has 1 aliphatic heterocycles. The highest BCUT2D eigenvalue weighted by molar-refractivity contribution is 5.25. The summed E-state index contributed by atoms with van der Waals surface area (Å²) in [4.78, 5) is 0. The van der Waals surface area contributed by atoms with E-state index >= 15 is 0 Å². The fourth-order valence-electron chi connectivity index (χ4n) is 1.11. The first-order valence-corrected chi connectivity index (χ1v) is 3.29. The molecule has 0 fully saturated rings. The van der Waals surface area contributed by atoms with Crippen LogP contribution in [-0.4, -0.2) is 12.8 Å². The van der Waals surface area contributed by atoms with Crippen LogP contribution in [0.15, 0.2) is 23.7 Å². The Balaban J connectivity index is 2.22. The average molecular weight is 139 g/mol. The molecule has 10 heavy (non-hydrogen) atoms. The minimum absolute atomic E-state index is 0.0976. The summed E-state index contributed by atoms with van der Waals surface area (Å²) in [5.74, 6) is 1.75. The number of ether oxygens (including phenoxy) is 2. The van der Waals surface area contributed by atoms with Crippen molar-refractivity contribution in [3.8, 4) is 0 Å². The Kier molecular flexibility index (Phi) is 1.17. The lowest BCUT2D eigenvalue weighted by atomic mass is 10.1. The van der Waals surface area contributed by atoms with Gasteiger partial charge in [0, 0.05) is 12.5 Å².